The summed E-state index contributed by atoms with van der Waals surface area (Å²) in [7, 11) is 2.07. The number of carbonyl (C=O) groups excluding carboxylic acids is 1. The van der Waals surface area contributed by atoms with E-state index in [4.69, 9.17) is 16.6 Å². The molecule has 0 aromatic heterocycles. The molecule has 0 radical (unpaired) electrons. The Morgan fingerprint density at radius 1 is 1.21 bits per heavy atom. The second-order valence-electron chi connectivity index (χ2n) is 8.98. The van der Waals surface area contributed by atoms with Gasteiger partial charge < -0.3 is 26.2 Å². The summed E-state index contributed by atoms with van der Waals surface area (Å²) < 4.78 is 0. The number of halogens is 1. The van der Waals surface area contributed by atoms with Crippen molar-refractivity contribution < 1.29 is 4.79 Å². The molecule has 2 unspecified atom stereocenters. The van der Waals surface area contributed by atoms with E-state index in [9.17, 15) is 4.79 Å². The highest BCUT2D eigenvalue weighted by Crippen LogP contribution is 2.25. The first-order chi connectivity index (χ1) is 16.4. The van der Waals surface area contributed by atoms with Gasteiger partial charge in [-0.25, -0.2) is 9.79 Å². The highest BCUT2D eigenvalue weighted by atomic mass is 35.5. The van der Waals surface area contributed by atoms with E-state index in [2.05, 4.69) is 51.4 Å². The lowest BCUT2D eigenvalue weighted by molar-refractivity contribution is 0.248. The summed E-state index contributed by atoms with van der Waals surface area (Å²) in [5.41, 5.74) is 4.95. The summed E-state index contributed by atoms with van der Waals surface area (Å²) in [4.78, 5) is 19.7. The Morgan fingerprint density at radius 3 is 2.82 bits per heavy atom. The van der Waals surface area contributed by atoms with Gasteiger partial charge in [0.2, 0.25) is 0 Å². The maximum atomic E-state index is 12.7. The molecule has 4 N–H and O–H groups in total. The predicted molar refractivity (Wildman–Crippen MR) is 142 cm³/mol. The molecule has 2 aromatic rings. The summed E-state index contributed by atoms with van der Waals surface area (Å²) in [5.74, 6) is 0.592. The fourth-order valence-corrected chi connectivity index (χ4v) is 4.48. The Morgan fingerprint density at radius 2 is 2.06 bits per heavy atom. The maximum absolute atomic E-state index is 12.7. The minimum atomic E-state index is -0.175. The van der Waals surface area contributed by atoms with E-state index in [1.807, 2.05) is 44.2 Å². The van der Waals surface area contributed by atoms with Crippen LogP contribution >= 0.6 is 11.6 Å². The molecule has 2 aromatic carbocycles. The summed E-state index contributed by atoms with van der Waals surface area (Å²) in [6, 6.07) is 14.3. The molecule has 2 aliphatic heterocycles. The van der Waals surface area contributed by atoms with E-state index in [0.29, 0.717) is 10.9 Å². The van der Waals surface area contributed by atoms with Crippen molar-refractivity contribution in [1.82, 2.24) is 10.2 Å². The van der Waals surface area contributed by atoms with E-state index in [1.54, 1.807) is 0 Å². The summed E-state index contributed by atoms with van der Waals surface area (Å²) in [5, 5.41) is 13.5. The van der Waals surface area contributed by atoms with Crippen LogP contribution in [-0.2, 0) is 12.8 Å². The number of carbonyl (C=O) groups is 1. The number of hydrogen-bond donors (Lipinski definition) is 4. The molecule has 2 aliphatic rings. The number of aliphatic imine (C=N–C) groups is 1. The quantitative estimate of drug-likeness (QED) is 0.497. The number of nitrogens with zero attached hydrogens (tertiary/aromatic N) is 2. The average molecular weight is 481 g/mol. The number of amides is 2. The van der Waals surface area contributed by atoms with Gasteiger partial charge in [0, 0.05) is 29.6 Å². The fraction of sp³-hybridized carbons (Fsp3) is 0.385. The number of hydrogen-bond acceptors (Lipinski definition) is 5. The Balaban J connectivity index is 1.62. The standard InChI is InChI=1S/C26H33ClN6O/c1-4-23(27)25-29-17(2)28-20-7-5-6-18(14-20)8-9-19-15-21(30-25)10-11-24(19)32-26(34)31-22-12-13-33(3)16-22/h4-7,10-11,14-15,17,22,28H,8-9,12-13,16H2,1-3H3,(H,29,30)(H2,31,32,34)/b23-4+. The van der Waals surface area contributed by atoms with Gasteiger partial charge >= 0.3 is 6.03 Å². The van der Waals surface area contributed by atoms with Crippen LogP contribution in [0.4, 0.5) is 21.9 Å². The van der Waals surface area contributed by atoms with Crippen LogP contribution < -0.4 is 21.3 Å². The van der Waals surface area contributed by atoms with Crippen molar-refractivity contribution in [1.29, 1.82) is 0 Å². The van der Waals surface area contributed by atoms with Gasteiger partial charge in [0.15, 0.2) is 0 Å². The van der Waals surface area contributed by atoms with Gasteiger partial charge in [0.1, 0.15) is 12.0 Å². The molecular formula is C26H33ClN6O. The number of allylic oxidation sites excluding steroid dienone is 1. The Hall–Kier alpha value is -3.03. The highest BCUT2D eigenvalue weighted by Gasteiger charge is 2.21. The van der Waals surface area contributed by atoms with E-state index >= 15 is 0 Å². The third kappa shape index (κ3) is 6.30. The zero-order valence-corrected chi connectivity index (χ0v) is 20.7. The molecule has 180 valence electrons. The number of aryl methyl sites for hydroxylation is 2. The van der Waals surface area contributed by atoms with E-state index in [-0.39, 0.29) is 18.2 Å². The normalized spacial score (nSPS) is 22.7. The zero-order chi connectivity index (χ0) is 24.1. The molecule has 34 heavy (non-hydrogen) atoms. The monoisotopic (exact) mass is 480 g/mol. The lowest BCUT2D eigenvalue weighted by Crippen LogP contribution is -2.39. The first-order valence-electron chi connectivity index (χ1n) is 11.8. The van der Waals surface area contributed by atoms with Gasteiger partial charge in [0.05, 0.1) is 5.03 Å². The Labute approximate surface area is 206 Å². The first kappa shape index (κ1) is 24.1. The molecule has 7 nitrogen and oxygen atoms in total. The van der Waals surface area contributed by atoms with Crippen LogP contribution in [0.5, 0.6) is 0 Å². The van der Waals surface area contributed by atoms with Crippen LogP contribution in [0.3, 0.4) is 0 Å². The molecule has 0 saturated carbocycles. The number of urea groups is 1. The Kier molecular flexibility index (Phi) is 7.75. The molecule has 4 rings (SSSR count). The van der Waals surface area contributed by atoms with Crippen molar-refractivity contribution in [2.45, 2.75) is 45.3 Å². The molecule has 2 amide bonds. The molecule has 1 saturated heterocycles. The number of benzene rings is 2. The third-order valence-electron chi connectivity index (χ3n) is 6.13. The maximum Gasteiger partial charge on any atom is 0.319 e. The lowest BCUT2D eigenvalue weighted by atomic mass is 10.0. The molecule has 0 spiro atoms. The topological polar surface area (TPSA) is 80.8 Å². The van der Waals surface area contributed by atoms with E-state index in [1.165, 1.54) is 5.56 Å². The number of fused-ring (bicyclic) bond motifs is 4. The van der Waals surface area contributed by atoms with Crippen molar-refractivity contribution in [3.8, 4) is 0 Å². The van der Waals surface area contributed by atoms with Gasteiger partial charge in [-0.3, -0.25) is 0 Å². The fourth-order valence-electron chi connectivity index (χ4n) is 4.39. The van der Waals surface area contributed by atoms with Gasteiger partial charge in [-0.1, -0.05) is 29.8 Å². The van der Waals surface area contributed by atoms with Crippen molar-refractivity contribution >= 4 is 40.5 Å². The molecule has 2 atom stereocenters. The second-order valence-corrected chi connectivity index (χ2v) is 9.39. The van der Waals surface area contributed by atoms with Crippen molar-refractivity contribution in [2.75, 3.05) is 36.1 Å². The van der Waals surface area contributed by atoms with E-state index in [0.717, 1.165) is 55.0 Å². The number of likely N-dealkylation sites (N-methyl/N-ethyl adjacent to an activating group) is 1. The summed E-state index contributed by atoms with van der Waals surface area (Å²) in [6.45, 7) is 5.75. The Bertz CT molecular complexity index is 1100. The second kappa shape index (κ2) is 10.9. The number of amidine groups is 1. The molecule has 0 aliphatic carbocycles. The van der Waals surface area contributed by atoms with Crippen LogP contribution in [0.25, 0.3) is 0 Å². The van der Waals surface area contributed by atoms with Crippen LogP contribution in [0, 0.1) is 0 Å². The molecule has 8 heteroatoms. The molecule has 1 fully saturated rings. The third-order valence-corrected chi connectivity index (χ3v) is 6.53. The SMILES string of the molecule is C/C=C(Cl)\C1=N/C(C)Nc2cccc(c2)CCc2cc(ccc2NC(=O)NC2CCN(C)C2)N1. The van der Waals surface area contributed by atoms with Gasteiger partial charge in [-0.2, -0.15) is 0 Å². The van der Waals surface area contributed by atoms with Gasteiger partial charge in [0.25, 0.3) is 0 Å². The van der Waals surface area contributed by atoms with Crippen LogP contribution in [-0.4, -0.2) is 49.1 Å². The number of likely N-dealkylation sites (tertiary alicyclic amines) is 1. The van der Waals surface area contributed by atoms with Crippen LogP contribution in [0.2, 0.25) is 0 Å². The van der Waals surface area contributed by atoms with Crippen molar-refractivity contribution in [2.24, 2.45) is 4.99 Å². The number of rotatable bonds is 3. The first-order valence-corrected chi connectivity index (χ1v) is 12.2. The highest BCUT2D eigenvalue weighted by molar-refractivity contribution is 6.44. The summed E-state index contributed by atoms with van der Waals surface area (Å²) in [6.07, 6.45) is 4.24. The van der Waals surface area contributed by atoms with Crippen molar-refractivity contribution in [3.05, 3.63) is 64.7 Å². The average Bonchev–Trinajstić information content (AvgIpc) is 3.22. The molecule has 4 bridgehead atoms. The minimum absolute atomic E-state index is 0.167. The number of anilines is 3. The summed E-state index contributed by atoms with van der Waals surface area (Å²) >= 11 is 6.47. The predicted octanol–water partition coefficient (Wildman–Crippen LogP) is 5.02. The van der Waals surface area contributed by atoms with Gasteiger partial charge in [-0.05, 0) is 88.2 Å². The zero-order valence-electron chi connectivity index (χ0n) is 20.0. The minimum Gasteiger partial charge on any atom is -0.364 e. The number of nitrogens with one attached hydrogen (secondary N) is 4. The molecular weight excluding hydrogens is 448 g/mol. The van der Waals surface area contributed by atoms with E-state index < -0.39 is 0 Å². The smallest absolute Gasteiger partial charge is 0.319 e. The van der Waals surface area contributed by atoms with Crippen LogP contribution in [0.15, 0.2) is 58.6 Å². The van der Waals surface area contributed by atoms with Crippen molar-refractivity contribution in [3.63, 3.8) is 0 Å². The van der Waals surface area contributed by atoms with Crippen LogP contribution in [0.1, 0.15) is 31.4 Å². The lowest BCUT2D eigenvalue weighted by Gasteiger charge is -2.18. The largest absolute Gasteiger partial charge is 0.364 e. The molecule has 2 heterocycles. The van der Waals surface area contributed by atoms with Gasteiger partial charge in [-0.15, -0.1) is 0 Å².